The van der Waals surface area contributed by atoms with Gasteiger partial charge in [-0.05, 0) is 43.2 Å². The van der Waals surface area contributed by atoms with Crippen molar-refractivity contribution < 1.29 is 4.74 Å². The summed E-state index contributed by atoms with van der Waals surface area (Å²) in [7, 11) is 1.66. The fourth-order valence-corrected chi connectivity index (χ4v) is 3.95. The minimum Gasteiger partial charge on any atom is -0.497 e. The van der Waals surface area contributed by atoms with Gasteiger partial charge in [-0.3, -0.25) is 19.2 Å². The minimum absolute atomic E-state index is 0.0423. The number of methoxy groups -OCH3 is 1. The number of aromatic nitrogens is 2. The molecule has 3 aromatic rings. The van der Waals surface area contributed by atoms with E-state index in [-0.39, 0.29) is 5.56 Å². The Balaban J connectivity index is 1.78. The van der Waals surface area contributed by atoms with Crippen LogP contribution in [-0.4, -0.2) is 34.8 Å². The van der Waals surface area contributed by atoms with E-state index in [2.05, 4.69) is 28.9 Å². The Hall–Kier alpha value is -3.12. The normalized spacial score (nSPS) is 13.9. The molecule has 156 valence electrons. The number of ether oxygens (including phenoxy) is 1. The minimum atomic E-state index is 0.0423. The van der Waals surface area contributed by atoms with Gasteiger partial charge in [0.25, 0.3) is 5.56 Å². The monoisotopic (exact) mass is 404 g/mol. The van der Waals surface area contributed by atoms with E-state index >= 15 is 0 Å². The number of anilines is 2. The summed E-state index contributed by atoms with van der Waals surface area (Å²) in [6.07, 6.45) is 1.62. The van der Waals surface area contributed by atoms with Crippen LogP contribution in [0, 0.1) is 6.92 Å². The Bertz CT molecular complexity index is 1060. The van der Waals surface area contributed by atoms with E-state index in [1.54, 1.807) is 7.11 Å². The highest BCUT2D eigenvalue weighted by Gasteiger charge is 2.27. The summed E-state index contributed by atoms with van der Waals surface area (Å²) in [5.41, 5.74) is 3.71. The lowest BCUT2D eigenvalue weighted by Gasteiger charge is -2.38. The van der Waals surface area contributed by atoms with Crippen molar-refractivity contribution in [3.8, 4) is 5.75 Å². The number of hydrogen-bond donors (Lipinski definition) is 0. The summed E-state index contributed by atoms with van der Waals surface area (Å²) in [4.78, 5) is 22.8. The van der Waals surface area contributed by atoms with Crippen LogP contribution >= 0.6 is 0 Å². The van der Waals surface area contributed by atoms with Crippen molar-refractivity contribution in [2.24, 2.45) is 0 Å². The molecular weight excluding hydrogens is 376 g/mol. The molecule has 0 unspecified atom stereocenters. The largest absolute Gasteiger partial charge is 0.497 e. The maximum Gasteiger partial charge on any atom is 0.259 e. The van der Waals surface area contributed by atoms with Crippen LogP contribution in [0.3, 0.4) is 0 Å². The van der Waals surface area contributed by atoms with Crippen molar-refractivity contribution in [3.63, 3.8) is 0 Å². The predicted molar refractivity (Wildman–Crippen MR) is 119 cm³/mol. The number of nitrogens with zero attached hydrogens (tertiary/aromatic N) is 4. The molecule has 0 saturated carbocycles. The third-order valence-electron chi connectivity index (χ3n) is 5.52. The fraction of sp³-hybridized carbons (Fsp3) is 0.333. The molecule has 0 aliphatic carbocycles. The Morgan fingerprint density at radius 1 is 1.03 bits per heavy atom. The van der Waals surface area contributed by atoms with Crippen LogP contribution in [0.4, 0.5) is 11.6 Å². The summed E-state index contributed by atoms with van der Waals surface area (Å²) in [6, 6.07) is 18.0. The molecule has 0 spiro atoms. The van der Waals surface area contributed by atoms with Gasteiger partial charge in [-0.2, -0.15) is 0 Å². The Kier molecular flexibility index (Phi) is 5.86. The average Bonchev–Trinajstić information content (AvgIpc) is 2.78. The van der Waals surface area contributed by atoms with Crippen LogP contribution in [0.2, 0.25) is 0 Å². The molecule has 6 nitrogen and oxygen atoms in total. The molecule has 0 fully saturated rings. The van der Waals surface area contributed by atoms with E-state index in [0.717, 1.165) is 41.2 Å². The lowest BCUT2D eigenvalue weighted by molar-refractivity contribution is 0.198. The molecule has 1 aliphatic heterocycles. The molecule has 2 aromatic carbocycles. The lowest BCUT2D eigenvalue weighted by atomic mass is 10.1. The van der Waals surface area contributed by atoms with Crippen molar-refractivity contribution in [1.82, 2.24) is 14.5 Å². The number of fused-ring (bicyclic) bond motifs is 1. The zero-order chi connectivity index (χ0) is 21.1. The molecule has 0 N–H and O–H groups in total. The SMILES string of the molecule is CCCN1CN(c2ccc(OC)cc2)c2nc(C)c(Cc3ccccc3)c(=O)n2C1. The highest BCUT2D eigenvalue weighted by atomic mass is 16.5. The van der Waals surface area contributed by atoms with Crippen molar-refractivity contribution in [1.29, 1.82) is 0 Å². The van der Waals surface area contributed by atoms with Crippen molar-refractivity contribution >= 4 is 11.6 Å². The summed E-state index contributed by atoms with van der Waals surface area (Å²) in [5, 5.41) is 0. The highest BCUT2D eigenvalue weighted by molar-refractivity contribution is 5.59. The van der Waals surface area contributed by atoms with Crippen molar-refractivity contribution in [3.05, 3.63) is 81.8 Å². The van der Waals surface area contributed by atoms with Gasteiger partial charge in [0.05, 0.1) is 26.1 Å². The van der Waals surface area contributed by atoms with E-state index in [1.807, 2.05) is 54.0 Å². The second kappa shape index (κ2) is 8.71. The highest BCUT2D eigenvalue weighted by Crippen LogP contribution is 2.29. The number of aryl methyl sites for hydroxylation is 1. The first kappa shape index (κ1) is 20.2. The standard InChI is InChI=1S/C24H28N4O2/c1-4-14-26-16-27(20-10-12-21(30-3)13-11-20)24-25-18(2)22(23(29)28(24)17-26)15-19-8-6-5-7-9-19/h5-13H,4,14-17H2,1-3H3. The molecule has 2 heterocycles. The third-order valence-corrected chi connectivity index (χ3v) is 5.52. The van der Waals surface area contributed by atoms with Gasteiger partial charge in [0.15, 0.2) is 0 Å². The molecule has 0 atom stereocenters. The first-order valence-corrected chi connectivity index (χ1v) is 10.4. The Morgan fingerprint density at radius 2 is 1.77 bits per heavy atom. The van der Waals surface area contributed by atoms with Crippen LogP contribution in [0.5, 0.6) is 5.75 Å². The Labute approximate surface area is 177 Å². The lowest BCUT2D eigenvalue weighted by Crippen LogP contribution is -2.48. The predicted octanol–water partition coefficient (Wildman–Crippen LogP) is 3.93. The van der Waals surface area contributed by atoms with Gasteiger partial charge in [0, 0.05) is 24.2 Å². The van der Waals surface area contributed by atoms with Crippen molar-refractivity contribution in [2.45, 2.75) is 33.4 Å². The summed E-state index contributed by atoms with van der Waals surface area (Å²) in [6.45, 7) is 6.27. The van der Waals surface area contributed by atoms with Gasteiger partial charge in [-0.1, -0.05) is 37.3 Å². The summed E-state index contributed by atoms with van der Waals surface area (Å²) in [5.74, 6) is 1.51. The molecule has 0 saturated heterocycles. The fourth-order valence-electron chi connectivity index (χ4n) is 3.95. The first-order valence-electron chi connectivity index (χ1n) is 10.4. The van der Waals surface area contributed by atoms with Gasteiger partial charge in [-0.25, -0.2) is 4.98 Å². The van der Waals surface area contributed by atoms with Gasteiger partial charge >= 0.3 is 0 Å². The van der Waals surface area contributed by atoms with Crippen LogP contribution in [0.15, 0.2) is 59.4 Å². The molecule has 0 amide bonds. The summed E-state index contributed by atoms with van der Waals surface area (Å²) >= 11 is 0. The van der Waals surface area contributed by atoms with E-state index in [1.165, 1.54) is 0 Å². The number of hydrogen-bond acceptors (Lipinski definition) is 5. The maximum atomic E-state index is 13.5. The van der Waals surface area contributed by atoms with Crippen LogP contribution in [-0.2, 0) is 13.1 Å². The van der Waals surface area contributed by atoms with Crippen LogP contribution < -0.4 is 15.2 Å². The summed E-state index contributed by atoms with van der Waals surface area (Å²) < 4.78 is 7.11. The average molecular weight is 405 g/mol. The van der Waals surface area contributed by atoms with E-state index in [9.17, 15) is 4.79 Å². The molecule has 0 radical (unpaired) electrons. The van der Waals surface area contributed by atoms with Gasteiger partial charge in [-0.15, -0.1) is 0 Å². The second-order valence-corrected chi connectivity index (χ2v) is 7.67. The smallest absolute Gasteiger partial charge is 0.259 e. The molecule has 0 bridgehead atoms. The zero-order valence-corrected chi connectivity index (χ0v) is 17.8. The van der Waals surface area contributed by atoms with Crippen LogP contribution in [0.1, 0.15) is 30.2 Å². The molecule has 30 heavy (non-hydrogen) atoms. The van der Waals surface area contributed by atoms with Crippen LogP contribution in [0.25, 0.3) is 0 Å². The number of rotatable bonds is 6. The van der Waals surface area contributed by atoms with E-state index in [0.29, 0.717) is 25.7 Å². The second-order valence-electron chi connectivity index (χ2n) is 7.67. The molecular formula is C24H28N4O2. The topological polar surface area (TPSA) is 50.6 Å². The molecule has 4 rings (SSSR count). The quantitative estimate of drug-likeness (QED) is 0.623. The van der Waals surface area contributed by atoms with Gasteiger partial charge < -0.3 is 4.74 Å². The Morgan fingerprint density at radius 3 is 2.43 bits per heavy atom. The molecule has 6 heteroatoms. The zero-order valence-electron chi connectivity index (χ0n) is 17.8. The van der Waals surface area contributed by atoms with Crippen molar-refractivity contribution in [2.75, 3.05) is 25.2 Å². The third kappa shape index (κ3) is 3.96. The van der Waals surface area contributed by atoms with E-state index < -0.39 is 0 Å². The molecule has 1 aliphatic rings. The molecule has 1 aromatic heterocycles. The van der Waals surface area contributed by atoms with Gasteiger partial charge in [0.2, 0.25) is 5.95 Å². The maximum absolute atomic E-state index is 13.5. The number of benzene rings is 2. The van der Waals surface area contributed by atoms with Gasteiger partial charge in [0.1, 0.15) is 5.75 Å². The first-order chi connectivity index (χ1) is 14.6. The van der Waals surface area contributed by atoms with E-state index in [4.69, 9.17) is 9.72 Å².